The van der Waals surface area contributed by atoms with Crippen molar-refractivity contribution in [1.29, 1.82) is 0 Å². The summed E-state index contributed by atoms with van der Waals surface area (Å²) in [7, 11) is 0. The van der Waals surface area contributed by atoms with Crippen LogP contribution < -0.4 is 0 Å². The number of fused-ring (bicyclic) bond motifs is 1. The average Bonchev–Trinajstić information content (AvgIpc) is 2.64. The highest BCUT2D eigenvalue weighted by Crippen LogP contribution is 2.26. The second-order valence-corrected chi connectivity index (χ2v) is 3.70. The molecule has 5 heteroatoms. The highest BCUT2D eigenvalue weighted by atomic mass is 35.5. The molecule has 0 bridgehead atoms. The zero-order valence-electron chi connectivity index (χ0n) is 9.24. The van der Waals surface area contributed by atoms with Crippen LogP contribution in [0.25, 0.3) is 0 Å². The minimum absolute atomic E-state index is 0. The van der Waals surface area contributed by atoms with Crippen molar-refractivity contribution in [2.75, 3.05) is 0 Å². The molecule has 0 aliphatic carbocycles. The largest absolute Gasteiger partial charge is 0.618 e. The van der Waals surface area contributed by atoms with Crippen LogP contribution in [0.15, 0.2) is 48.7 Å². The van der Waals surface area contributed by atoms with Crippen molar-refractivity contribution in [1.82, 2.24) is 4.98 Å². The third kappa shape index (κ3) is 1.67. The summed E-state index contributed by atoms with van der Waals surface area (Å²) in [4.78, 5) is 16.1. The van der Waals surface area contributed by atoms with Crippen molar-refractivity contribution >= 4 is 29.6 Å². The zero-order valence-corrected chi connectivity index (χ0v) is 10.1. The van der Waals surface area contributed by atoms with Crippen molar-refractivity contribution < 1.29 is 9.53 Å². The van der Waals surface area contributed by atoms with Gasteiger partial charge in [0.05, 0.1) is 0 Å². The minimum Gasteiger partial charge on any atom is -0.618 e. The molecular formula is C13H9ClN2O2. The lowest BCUT2D eigenvalue weighted by molar-refractivity contribution is -0.355. The van der Waals surface area contributed by atoms with Gasteiger partial charge >= 0.3 is 0 Å². The molecule has 0 saturated heterocycles. The van der Waals surface area contributed by atoms with E-state index in [1.165, 1.54) is 0 Å². The van der Waals surface area contributed by atoms with Crippen LogP contribution in [0.1, 0.15) is 16.1 Å². The van der Waals surface area contributed by atoms with E-state index in [2.05, 4.69) is 4.98 Å². The maximum Gasteiger partial charge on any atom is 0.291 e. The van der Waals surface area contributed by atoms with E-state index in [4.69, 9.17) is 0 Å². The van der Waals surface area contributed by atoms with Crippen LogP contribution >= 0.6 is 12.4 Å². The first-order valence-corrected chi connectivity index (χ1v) is 5.18. The fourth-order valence-corrected chi connectivity index (χ4v) is 1.91. The third-order valence-corrected chi connectivity index (χ3v) is 2.69. The Morgan fingerprint density at radius 2 is 1.78 bits per heavy atom. The van der Waals surface area contributed by atoms with Crippen LogP contribution in [0.2, 0.25) is 0 Å². The van der Waals surface area contributed by atoms with E-state index in [0.717, 1.165) is 0 Å². The molecule has 4 nitrogen and oxygen atoms in total. The Kier molecular flexibility index (Phi) is 3.12. The maximum absolute atomic E-state index is 12.1. The Balaban J connectivity index is 0.00000120. The standard InChI is InChI=1S/C13H8N2O2.ClH/c16-13-9-5-1-2-7-11(9)15(17)12(13)10-6-3-4-8-14-10;/h1-8H;1H. The monoisotopic (exact) mass is 260 g/mol. The lowest BCUT2D eigenvalue weighted by Gasteiger charge is -2.00. The smallest absolute Gasteiger partial charge is 0.291 e. The van der Waals surface area contributed by atoms with Crippen LogP contribution in [0.5, 0.6) is 0 Å². The number of benzene rings is 1. The molecule has 3 rings (SSSR count). The van der Waals surface area contributed by atoms with Gasteiger partial charge in [-0.1, -0.05) is 18.2 Å². The Labute approximate surface area is 110 Å². The number of Topliss-reactive ketones (excluding diaryl/α,β-unsaturated/α-hetero) is 1. The normalized spacial score (nSPS) is 13.2. The Bertz CT molecular complexity index is 638. The molecule has 0 fully saturated rings. The topological polar surface area (TPSA) is 56.0 Å². The fraction of sp³-hybridized carbons (Fsp3) is 0. The number of hydrogen-bond donors (Lipinski definition) is 0. The Morgan fingerprint density at radius 1 is 1.06 bits per heavy atom. The predicted octanol–water partition coefficient (Wildman–Crippen LogP) is 2.33. The van der Waals surface area contributed by atoms with E-state index in [1.54, 1.807) is 48.7 Å². The number of hydrogen-bond acceptors (Lipinski definition) is 3. The molecule has 2 heterocycles. The first-order valence-electron chi connectivity index (χ1n) is 5.18. The van der Waals surface area contributed by atoms with Gasteiger partial charge in [0.2, 0.25) is 5.69 Å². The molecule has 1 aromatic carbocycles. The first kappa shape index (κ1) is 12.3. The van der Waals surface area contributed by atoms with E-state index >= 15 is 0 Å². The minimum atomic E-state index is -0.269. The Morgan fingerprint density at radius 3 is 2.44 bits per heavy atom. The third-order valence-electron chi connectivity index (χ3n) is 2.69. The number of para-hydroxylation sites is 1. The number of pyridine rings is 1. The molecule has 0 N–H and O–H groups in total. The van der Waals surface area contributed by atoms with Crippen LogP contribution in [-0.2, 0) is 0 Å². The summed E-state index contributed by atoms with van der Waals surface area (Å²) in [5.41, 5.74) is 1.32. The van der Waals surface area contributed by atoms with Crippen molar-refractivity contribution in [3.8, 4) is 0 Å². The average molecular weight is 261 g/mol. The lowest BCUT2D eigenvalue weighted by Crippen LogP contribution is -2.17. The number of rotatable bonds is 1. The van der Waals surface area contributed by atoms with Gasteiger partial charge in [-0.05, 0) is 18.2 Å². The van der Waals surface area contributed by atoms with Gasteiger partial charge in [0, 0.05) is 12.3 Å². The molecule has 90 valence electrons. The van der Waals surface area contributed by atoms with E-state index in [9.17, 15) is 10.0 Å². The highest BCUT2D eigenvalue weighted by molar-refractivity contribution is 6.51. The van der Waals surface area contributed by atoms with E-state index in [1.807, 2.05) is 0 Å². The second-order valence-electron chi connectivity index (χ2n) is 3.70. The van der Waals surface area contributed by atoms with Gasteiger partial charge < -0.3 is 5.21 Å². The molecule has 1 aromatic heterocycles. The summed E-state index contributed by atoms with van der Waals surface area (Å²) in [5, 5.41) is 12.0. The van der Waals surface area contributed by atoms with Gasteiger partial charge in [-0.15, -0.1) is 12.4 Å². The summed E-state index contributed by atoms with van der Waals surface area (Å²) < 4.78 is 0.653. The molecule has 0 atom stereocenters. The molecule has 2 aromatic rings. The molecule has 18 heavy (non-hydrogen) atoms. The Hall–Kier alpha value is -2.20. The number of nitrogens with zero attached hydrogens (tertiary/aromatic N) is 2. The van der Waals surface area contributed by atoms with Gasteiger partial charge in [0.1, 0.15) is 11.3 Å². The quantitative estimate of drug-likeness (QED) is 0.584. The van der Waals surface area contributed by atoms with Crippen LogP contribution in [0, 0.1) is 5.21 Å². The lowest BCUT2D eigenvalue weighted by atomic mass is 10.1. The van der Waals surface area contributed by atoms with Gasteiger partial charge in [0.15, 0.2) is 0 Å². The number of carbonyl (C=O) groups is 1. The van der Waals surface area contributed by atoms with Crippen LogP contribution in [-0.4, -0.2) is 21.2 Å². The summed E-state index contributed by atoms with van der Waals surface area (Å²) in [5.74, 6) is -0.269. The summed E-state index contributed by atoms with van der Waals surface area (Å²) >= 11 is 0. The zero-order chi connectivity index (χ0) is 11.8. The summed E-state index contributed by atoms with van der Waals surface area (Å²) in [6.45, 7) is 0. The van der Waals surface area contributed by atoms with E-state index in [0.29, 0.717) is 21.7 Å². The number of carbonyl (C=O) groups excluding carboxylic acids is 1. The first-order chi connectivity index (χ1) is 8.29. The van der Waals surface area contributed by atoms with Crippen LogP contribution in [0.4, 0.5) is 5.69 Å². The van der Waals surface area contributed by atoms with Gasteiger partial charge in [0.25, 0.3) is 11.5 Å². The molecule has 0 saturated carbocycles. The SMILES string of the molecule is Cl.O=C1C(c2ccccn2)=[N+]([O-])c2ccccc21. The van der Waals surface area contributed by atoms with Gasteiger partial charge in [-0.25, -0.2) is 4.98 Å². The molecular weight excluding hydrogens is 252 g/mol. The highest BCUT2D eigenvalue weighted by Gasteiger charge is 2.36. The fourth-order valence-electron chi connectivity index (χ4n) is 1.91. The van der Waals surface area contributed by atoms with E-state index in [-0.39, 0.29) is 23.9 Å². The van der Waals surface area contributed by atoms with Crippen molar-refractivity contribution in [2.24, 2.45) is 0 Å². The van der Waals surface area contributed by atoms with Crippen LogP contribution in [0.3, 0.4) is 0 Å². The van der Waals surface area contributed by atoms with Crippen molar-refractivity contribution in [3.63, 3.8) is 0 Å². The van der Waals surface area contributed by atoms with Gasteiger partial charge in [-0.3, -0.25) is 4.79 Å². The van der Waals surface area contributed by atoms with Crippen molar-refractivity contribution in [3.05, 3.63) is 65.1 Å². The number of aromatic nitrogens is 1. The second kappa shape index (κ2) is 4.58. The molecule has 0 unspecified atom stereocenters. The molecule has 0 radical (unpaired) electrons. The number of ketones is 1. The molecule has 1 aliphatic rings. The van der Waals surface area contributed by atoms with E-state index < -0.39 is 0 Å². The summed E-state index contributed by atoms with van der Waals surface area (Å²) in [6.07, 6.45) is 1.56. The molecule has 0 amide bonds. The summed E-state index contributed by atoms with van der Waals surface area (Å²) in [6, 6.07) is 11.9. The van der Waals surface area contributed by atoms with Gasteiger partial charge in [-0.2, -0.15) is 4.74 Å². The molecule has 0 spiro atoms. The number of halogens is 1. The predicted molar refractivity (Wildman–Crippen MR) is 69.7 cm³/mol. The maximum atomic E-state index is 12.1. The van der Waals surface area contributed by atoms with Crippen molar-refractivity contribution in [2.45, 2.75) is 0 Å². The molecule has 1 aliphatic heterocycles.